The van der Waals surface area contributed by atoms with Crippen molar-refractivity contribution in [2.24, 2.45) is 4.99 Å². The number of carbonyl (C=O) groups is 1. The van der Waals surface area contributed by atoms with Gasteiger partial charge in [0.15, 0.2) is 6.29 Å². The SMILES string of the molecule is Cc1cccc(C)c1N.Cc1cccc(C)c1N=Cc1cc(O)ccc1O.O=Cc1cc(O)ccc1O. The lowest BCUT2D eigenvalue weighted by atomic mass is 10.1. The molecule has 0 spiro atoms. The molecule has 37 heavy (non-hydrogen) atoms. The number of hydrogen-bond acceptors (Lipinski definition) is 7. The average Bonchev–Trinajstić information content (AvgIpc) is 2.86. The minimum absolute atomic E-state index is 0.0279. The van der Waals surface area contributed by atoms with Crippen molar-refractivity contribution in [2.75, 3.05) is 5.73 Å². The van der Waals surface area contributed by atoms with Crippen LogP contribution in [0.15, 0.2) is 77.8 Å². The van der Waals surface area contributed by atoms with Crippen LogP contribution in [0, 0.1) is 27.7 Å². The third kappa shape index (κ3) is 8.43. The number of aromatic hydroxyl groups is 4. The molecule has 0 bridgehead atoms. The Morgan fingerprint density at radius 3 is 1.51 bits per heavy atom. The number of para-hydroxylation sites is 2. The molecule has 0 amide bonds. The molecular weight excluding hydrogens is 468 g/mol. The van der Waals surface area contributed by atoms with Gasteiger partial charge in [0.2, 0.25) is 0 Å². The van der Waals surface area contributed by atoms with Crippen LogP contribution in [0.3, 0.4) is 0 Å². The monoisotopic (exact) mass is 500 g/mol. The molecule has 4 rings (SSSR count). The number of aryl methyl sites for hydroxylation is 4. The number of phenolic OH excluding ortho intramolecular Hbond substituents is 4. The van der Waals surface area contributed by atoms with Gasteiger partial charge in [-0.1, -0.05) is 36.4 Å². The number of phenols is 4. The van der Waals surface area contributed by atoms with E-state index in [-0.39, 0.29) is 28.6 Å². The number of hydrogen-bond donors (Lipinski definition) is 5. The Morgan fingerprint density at radius 1 is 0.649 bits per heavy atom. The molecule has 0 aromatic heterocycles. The molecule has 0 atom stereocenters. The largest absolute Gasteiger partial charge is 0.508 e. The van der Waals surface area contributed by atoms with E-state index in [0.717, 1.165) is 33.6 Å². The van der Waals surface area contributed by atoms with Crippen LogP contribution in [-0.2, 0) is 0 Å². The van der Waals surface area contributed by atoms with Crippen LogP contribution in [0.1, 0.15) is 38.2 Å². The van der Waals surface area contributed by atoms with Gasteiger partial charge >= 0.3 is 0 Å². The van der Waals surface area contributed by atoms with Gasteiger partial charge in [0.05, 0.1) is 11.3 Å². The third-order valence-corrected chi connectivity index (χ3v) is 5.46. The van der Waals surface area contributed by atoms with E-state index in [4.69, 9.17) is 15.9 Å². The van der Waals surface area contributed by atoms with Crippen LogP contribution in [0.2, 0.25) is 0 Å². The predicted octanol–water partition coefficient (Wildman–Crippen LogP) is 6.26. The topological polar surface area (TPSA) is 136 Å². The lowest BCUT2D eigenvalue weighted by molar-refractivity contribution is 0.112. The minimum atomic E-state index is -0.118. The second-order valence-corrected chi connectivity index (χ2v) is 8.41. The van der Waals surface area contributed by atoms with E-state index in [1.165, 1.54) is 36.4 Å². The van der Waals surface area contributed by atoms with Gasteiger partial charge in [-0.2, -0.15) is 0 Å². The maximum atomic E-state index is 10.1. The molecule has 4 aromatic rings. The molecule has 0 saturated carbocycles. The van der Waals surface area contributed by atoms with E-state index in [0.29, 0.717) is 11.8 Å². The zero-order chi connectivity index (χ0) is 27.5. The summed E-state index contributed by atoms with van der Waals surface area (Å²) >= 11 is 0. The third-order valence-electron chi connectivity index (χ3n) is 5.46. The number of carbonyl (C=O) groups excluding carboxylic acids is 1. The summed E-state index contributed by atoms with van der Waals surface area (Å²) in [4.78, 5) is 14.5. The Balaban J connectivity index is 0.000000214. The van der Waals surface area contributed by atoms with E-state index >= 15 is 0 Å². The number of nitrogen functional groups attached to an aromatic ring is 1. The summed E-state index contributed by atoms with van der Waals surface area (Å²) in [6.45, 7) is 8.01. The maximum absolute atomic E-state index is 10.1. The number of nitrogens with zero attached hydrogens (tertiary/aromatic N) is 1. The van der Waals surface area contributed by atoms with E-state index in [2.05, 4.69) is 4.99 Å². The van der Waals surface area contributed by atoms with Gasteiger partial charge in [-0.15, -0.1) is 0 Å². The lowest BCUT2D eigenvalue weighted by Gasteiger charge is -2.04. The first kappa shape index (κ1) is 28.5. The molecule has 0 aliphatic rings. The minimum Gasteiger partial charge on any atom is -0.508 e. The standard InChI is InChI=1S/C15H15NO2.C8H11N.C7H6O3/c1-10-4-3-5-11(2)15(10)16-9-12-8-13(17)6-7-14(12)18;1-6-4-3-5-7(2)8(6)9;8-4-5-3-6(9)1-2-7(5)10/h3-9,17-18H,1-2H3;3-5H,9H2,1-2H3;1-4,9-10H. The van der Waals surface area contributed by atoms with Gasteiger partial charge in [0, 0.05) is 17.5 Å². The quantitative estimate of drug-likeness (QED) is 0.0974. The van der Waals surface area contributed by atoms with Gasteiger partial charge in [-0.25, -0.2) is 0 Å². The summed E-state index contributed by atoms with van der Waals surface area (Å²) in [5, 5.41) is 36.7. The molecule has 0 aliphatic carbocycles. The second-order valence-electron chi connectivity index (χ2n) is 8.41. The highest BCUT2D eigenvalue weighted by atomic mass is 16.3. The predicted molar refractivity (Wildman–Crippen MR) is 148 cm³/mol. The fourth-order valence-corrected chi connectivity index (χ4v) is 3.25. The van der Waals surface area contributed by atoms with Crippen LogP contribution in [0.5, 0.6) is 23.0 Å². The molecule has 7 nitrogen and oxygen atoms in total. The number of rotatable bonds is 3. The van der Waals surface area contributed by atoms with Crippen LogP contribution < -0.4 is 5.73 Å². The Morgan fingerprint density at radius 2 is 1.08 bits per heavy atom. The van der Waals surface area contributed by atoms with Crippen molar-refractivity contribution in [3.63, 3.8) is 0 Å². The normalized spacial score (nSPS) is 10.2. The molecule has 6 N–H and O–H groups in total. The molecule has 192 valence electrons. The summed E-state index contributed by atoms with van der Waals surface area (Å²) in [6, 6.07) is 20.1. The van der Waals surface area contributed by atoms with Gasteiger partial charge in [0.25, 0.3) is 0 Å². The van der Waals surface area contributed by atoms with Crippen LogP contribution in [0.4, 0.5) is 11.4 Å². The van der Waals surface area contributed by atoms with E-state index in [1.807, 2.05) is 64.1 Å². The number of benzene rings is 4. The Hall–Kier alpha value is -4.78. The van der Waals surface area contributed by atoms with E-state index in [1.54, 1.807) is 6.21 Å². The van der Waals surface area contributed by atoms with Gasteiger partial charge < -0.3 is 26.2 Å². The van der Waals surface area contributed by atoms with Crippen molar-refractivity contribution >= 4 is 23.9 Å². The number of aldehydes is 1. The lowest BCUT2D eigenvalue weighted by Crippen LogP contribution is -1.91. The molecular formula is C30H32N2O5. The first-order valence-corrected chi connectivity index (χ1v) is 11.4. The van der Waals surface area contributed by atoms with E-state index in [9.17, 15) is 15.0 Å². The average molecular weight is 501 g/mol. The molecule has 0 fully saturated rings. The van der Waals surface area contributed by atoms with Crippen LogP contribution >= 0.6 is 0 Å². The number of aliphatic imine (C=N–C) groups is 1. The van der Waals surface area contributed by atoms with Gasteiger partial charge in [-0.3, -0.25) is 9.79 Å². The first-order chi connectivity index (χ1) is 17.5. The molecule has 0 heterocycles. The highest BCUT2D eigenvalue weighted by molar-refractivity contribution is 5.86. The van der Waals surface area contributed by atoms with Crippen molar-refractivity contribution in [3.05, 3.63) is 106 Å². The zero-order valence-corrected chi connectivity index (χ0v) is 21.3. The molecule has 7 heteroatoms. The molecule has 4 aromatic carbocycles. The summed E-state index contributed by atoms with van der Waals surface area (Å²) in [7, 11) is 0. The highest BCUT2D eigenvalue weighted by Crippen LogP contribution is 2.25. The molecule has 0 radical (unpaired) electrons. The van der Waals surface area contributed by atoms with Crippen molar-refractivity contribution in [1.29, 1.82) is 0 Å². The molecule has 0 aliphatic heterocycles. The smallest absolute Gasteiger partial charge is 0.153 e. The fourth-order valence-electron chi connectivity index (χ4n) is 3.25. The van der Waals surface area contributed by atoms with Gasteiger partial charge in [0.1, 0.15) is 23.0 Å². The van der Waals surface area contributed by atoms with Gasteiger partial charge in [-0.05, 0) is 86.3 Å². The second kappa shape index (κ2) is 13.3. The van der Waals surface area contributed by atoms with Crippen molar-refractivity contribution in [1.82, 2.24) is 0 Å². The Labute approximate surface area is 216 Å². The van der Waals surface area contributed by atoms with Crippen molar-refractivity contribution in [2.45, 2.75) is 27.7 Å². The summed E-state index contributed by atoms with van der Waals surface area (Å²) in [5.41, 5.74) is 12.6. The molecule has 0 saturated heterocycles. The summed E-state index contributed by atoms with van der Waals surface area (Å²) < 4.78 is 0. The maximum Gasteiger partial charge on any atom is 0.153 e. The highest BCUT2D eigenvalue weighted by Gasteiger charge is 2.02. The van der Waals surface area contributed by atoms with Crippen molar-refractivity contribution < 1.29 is 25.2 Å². The summed E-state index contributed by atoms with van der Waals surface area (Å²) in [5.74, 6) is 0.0613. The number of nitrogens with two attached hydrogens (primary N) is 1. The van der Waals surface area contributed by atoms with Crippen molar-refractivity contribution in [3.8, 4) is 23.0 Å². The zero-order valence-electron chi connectivity index (χ0n) is 21.3. The fraction of sp³-hybridized carbons (Fsp3) is 0.133. The van der Waals surface area contributed by atoms with E-state index < -0.39 is 0 Å². The Kier molecular flexibility index (Phi) is 10.3. The molecule has 0 unspecified atom stereocenters. The first-order valence-electron chi connectivity index (χ1n) is 11.4. The number of anilines is 1. The Bertz CT molecular complexity index is 1360. The van der Waals surface area contributed by atoms with Crippen LogP contribution in [-0.4, -0.2) is 32.9 Å². The van der Waals surface area contributed by atoms with Crippen LogP contribution in [0.25, 0.3) is 0 Å². The summed E-state index contributed by atoms with van der Waals surface area (Å²) in [6.07, 6.45) is 2.04.